The largest absolute Gasteiger partial charge is 0.489 e. The van der Waals surface area contributed by atoms with E-state index < -0.39 is 5.82 Å². The monoisotopic (exact) mass is 298 g/mol. The Morgan fingerprint density at radius 1 is 1.65 bits per heavy atom. The quantitative estimate of drug-likeness (QED) is 0.799. The van der Waals surface area contributed by atoms with Gasteiger partial charge in [-0.15, -0.1) is 0 Å². The van der Waals surface area contributed by atoms with E-state index in [0.717, 1.165) is 0 Å². The van der Waals surface area contributed by atoms with Crippen molar-refractivity contribution in [1.82, 2.24) is 0 Å². The summed E-state index contributed by atoms with van der Waals surface area (Å²) >= 11 is 3.06. The summed E-state index contributed by atoms with van der Waals surface area (Å²) in [5.41, 5.74) is 0.491. The van der Waals surface area contributed by atoms with E-state index in [1.165, 1.54) is 17.0 Å². The maximum absolute atomic E-state index is 13.3. The Balaban J connectivity index is 2.41. The first kappa shape index (κ1) is 11.9. The van der Waals surface area contributed by atoms with E-state index in [2.05, 4.69) is 15.9 Å². The molecular formula is C11H8BrFN2O2. The first-order valence-electron chi connectivity index (χ1n) is 4.92. The number of hydrogen-bond donors (Lipinski definition) is 0. The van der Waals surface area contributed by atoms with E-state index in [0.29, 0.717) is 24.6 Å². The van der Waals surface area contributed by atoms with Crippen molar-refractivity contribution in [3.63, 3.8) is 0 Å². The van der Waals surface area contributed by atoms with Crippen molar-refractivity contribution in [2.75, 3.05) is 18.1 Å². The smallest absolute Gasteiger partial charge is 0.241 e. The van der Waals surface area contributed by atoms with Crippen LogP contribution in [0.4, 0.5) is 10.1 Å². The van der Waals surface area contributed by atoms with Gasteiger partial charge in [-0.05, 0) is 22.0 Å². The molecule has 1 amide bonds. The van der Waals surface area contributed by atoms with Gasteiger partial charge in [0.25, 0.3) is 0 Å². The van der Waals surface area contributed by atoms with Crippen LogP contribution in [0.15, 0.2) is 16.6 Å². The van der Waals surface area contributed by atoms with Crippen molar-refractivity contribution in [3.8, 4) is 11.8 Å². The van der Waals surface area contributed by atoms with Crippen molar-refractivity contribution in [3.05, 3.63) is 22.4 Å². The molecule has 0 saturated carbocycles. The molecular weight excluding hydrogens is 291 g/mol. The first-order chi connectivity index (χ1) is 8.13. The lowest BCUT2D eigenvalue weighted by Gasteiger charge is -2.29. The number of carbonyl (C=O) groups excluding carboxylic acids is 1. The molecule has 2 rings (SSSR count). The number of nitrogens with zero attached hydrogens (tertiary/aromatic N) is 2. The summed E-state index contributed by atoms with van der Waals surface area (Å²) in [6.07, 6.45) is -0.200. The van der Waals surface area contributed by atoms with Crippen LogP contribution in [0.5, 0.6) is 5.75 Å². The fourth-order valence-electron chi connectivity index (χ4n) is 1.63. The first-order valence-corrected chi connectivity index (χ1v) is 5.72. The zero-order valence-corrected chi connectivity index (χ0v) is 10.3. The molecule has 0 unspecified atom stereocenters. The molecule has 1 aromatic carbocycles. The van der Waals surface area contributed by atoms with Gasteiger partial charge in [-0.25, -0.2) is 4.39 Å². The molecule has 17 heavy (non-hydrogen) atoms. The Morgan fingerprint density at radius 3 is 3.12 bits per heavy atom. The summed E-state index contributed by atoms with van der Waals surface area (Å²) < 4.78 is 18.8. The molecule has 0 fully saturated rings. The van der Waals surface area contributed by atoms with E-state index in [9.17, 15) is 9.18 Å². The van der Waals surface area contributed by atoms with Crippen LogP contribution < -0.4 is 9.64 Å². The van der Waals surface area contributed by atoms with E-state index in [1.54, 1.807) is 6.07 Å². The van der Waals surface area contributed by atoms with Gasteiger partial charge in [-0.1, -0.05) is 0 Å². The zero-order chi connectivity index (χ0) is 12.4. The number of anilines is 1. The summed E-state index contributed by atoms with van der Waals surface area (Å²) in [5, 5.41) is 8.52. The third-order valence-electron chi connectivity index (χ3n) is 2.40. The molecule has 1 heterocycles. The zero-order valence-electron chi connectivity index (χ0n) is 8.74. The highest BCUT2D eigenvalue weighted by Crippen LogP contribution is 2.36. The second-order valence-electron chi connectivity index (χ2n) is 3.46. The van der Waals surface area contributed by atoms with Crippen molar-refractivity contribution in [1.29, 1.82) is 5.26 Å². The van der Waals surface area contributed by atoms with E-state index in [1.807, 2.05) is 0 Å². The second kappa shape index (κ2) is 4.72. The maximum Gasteiger partial charge on any atom is 0.241 e. The molecule has 0 atom stereocenters. The van der Waals surface area contributed by atoms with Gasteiger partial charge in [0.1, 0.15) is 24.6 Å². The van der Waals surface area contributed by atoms with Crippen molar-refractivity contribution in [2.45, 2.75) is 6.42 Å². The number of carbonyl (C=O) groups is 1. The molecule has 4 nitrogen and oxygen atoms in total. The van der Waals surface area contributed by atoms with Crippen molar-refractivity contribution < 1.29 is 13.9 Å². The number of fused-ring (bicyclic) bond motifs is 1. The lowest BCUT2D eigenvalue weighted by Crippen LogP contribution is -2.37. The summed E-state index contributed by atoms with van der Waals surface area (Å²) in [6.45, 7) is 0.664. The van der Waals surface area contributed by atoms with Crippen LogP contribution >= 0.6 is 15.9 Å². The van der Waals surface area contributed by atoms with E-state index in [-0.39, 0.29) is 16.8 Å². The van der Waals surface area contributed by atoms with Crippen LogP contribution in [0.1, 0.15) is 6.42 Å². The van der Waals surface area contributed by atoms with Crippen molar-refractivity contribution in [2.24, 2.45) is 0 Å². The van der Waals surface area contributed by atoms with E-state index >= 15 is 0 Å². The highest BCUT2D eigenvalue weighted by atomic mass is 79.9. The third kappa shape index (κ3) is 2.24. The molecule has 1 aromatic rings. The molecule has 0 bridgehead atoms. The summed E-state index contributed by atoms with van der Waals surface area (Å²) in [6, 6.07) is 4.52. The van der Waals surface area contributed by atoms with Gasteiger partial charge in [0.15, 0.2) is 0 Å². The molecule has 6 heteroatoms. The molecule has 0 N–H and O–H groups in total. The highest BCUT2D eigenvalue weighted by molar-refractivity contribution is 9.10. The normalized spacial score (nSPS) is 13.6. The fraction of sp³-hybridized carbons (Fsp3) is 0.273. The topological polar surface area (TPSA) is 53.3 Å². The van der Waals surface area contributed by atoms with Gasteiger partial charge >= 0.3 is 0 Å². The summed E-state index contributed by atoms with van der Waals surface area (Å²) in [4.78, 5) is 13.1. The number of benzene rings is 1. The van der Waals surface area contributed by atoms with Gasteiger partial charge < -0.3 is 9.64 Å². The Kier molecular flexibility index (Phi) is 3.29. The SMILES string of the molecule is N#CCC(=O)N1CCOc2cc(F)c(Br)cc21. The summed E-state index contributed by atoms with van der Waals surface area (Å²) in [7, 11) is 0. The van der Waals surface area contributed by atoms with Gasteiger partial charge in [0.05, 0.1) is 22.8 Å². The van der Waals surface area contributed by atoms with Crippen LogP contribution in [0.3, 0.4) is 0 Å². The van der Waals surface area contributed by atoms with Crippen LogP contribution in [-0.4, -0.2) is 19.1 Å². The van der Waals surface area contributed by atoms with E-state index in [4.69, 9.17) is 10.00 Å². The molecule has 0 aliphatic carbocycles. The molecule has 0 radical (unpaired) electrons. The average molecular weight is 299 g/mol. The second-order valence-corrected chi connectivity index (χ2v) is 4.32. The average Bonchev–Trinajstić information content (AvgIpc) is 2.30. The highest BCUT2D eigenvalue weighted by Gasteiger charge is 2.24. The number of ether oxygens (including phenoxy) is 1. The predicted octanol–water partition coefficient (Wildman–Crippen LogP) is 2.23. The van der Waals surface area contributed by atoms with Crippen LogP contribution in [0.2, 0.25) is 0 Å². The summed E-state index contributed by atoms with van der Waals surface area (Å²) in [5.74, 6) is -0.433. The third-order valence-corrected chi connectivity index (χ3v) is 3.00. The number of nitriles is 1. The number of halogens is 2. The maximum atomic E-state index is 13.3. The minimum atomic E-state index is -0.446. The molecule has 0 saturated heterocycles. The Labute approximate surface area is 106 Å². The Hall–Kier alpha value is -1.61. The van der Waals surface area contributed by atoms with Gasteiger partial charge in [0, 0.05) is 6.07 Å². The lowest BCUT2D eigenvalue weighted by atomic mass is 10.2. The fourth-order valence-corrected chi connectivity index (χ4v) is 1.97. The molecule has 0 spiro atoms. The Morgan fingerprint density at radius 2 is 2.41 bits per heavy atom. The number of amides is 1. The molecule has 1 aliphatic rings. The van der Waals surface area contributed by atoms with Crippen LogP contribution in [0.25, 0.3) is 0 Å². The lowest BCUT2D eigenvalue weighted by molar-refractivity contribution is -0.117. The standard InChI is InChI=1S/C11H8BrFN2O2/c12-7-5-9-10(6-8(7)13)17-4-3-15(9)11(16)1-2-14/h5-6H,1,3-4H2. The predicted molar refractivity (Wildman–Crippen MR) is 62.2 cm³/mol. The van der Waals surface area contributed by atoms with Crippen LogP contribution in [-0.2, 0) is 4.79 Å². The van der Waals surface area contributed by atoms with Crippen LogP contribution in [0, 0.1) is 17.1 Å². The number of rotatable bonds is 1. The number of hydrogen-bond acceptors (Lipinski definition) is 3. The van der Waals surface area contributed by atoms with Crippen molar-refractivity contribution >= 4 is 27.5 Å². The Bertz CT molecular complexity index is 513. The van der Waals surface area contributed by atoms with Gasteiger partial charge in [-0.3, -0.25) is 4.79 Å². The minimum Gasteiger partial charge on any atom is -0.489 e. The molecule has 0 aromatic heterocycles. The van der Waals surface area contributed by atoms with Gasteiger partial charge in [-0.2, -0.15) is 5.26 Å². The van der Waals surface area contributed by atoms with Gasteiger partial charge in [0.2, 0.25) is 5.91 Å². The molecule has 88 valence electrons. The molecule has 1 aliphatic heterocycles. The minimum absolute atomic E-state index is 0.200.